The quantitative estimate of drug-likeness (QED) is 0.355. The molecule has 254 valence electrons. The highest BCUT2D eigenvalue weighted by Gasteiger charge is 2.32. The summed E-state index contributed by atoms with van der Waals surface area (Å²) in [6, 6.07) is 12.1. The van der Waals surface area contributed by atoms with Gasteiger partial charge in [0.25, 0.3) is 11.8 Å². The molecule has 1 aliphatic rings. The number of pyridine rings is 1. The Hall–Kier alpha value is -3.91. The molecule has 2 aromatic carbocycles. The minimum absolute atomic E-state index is 0.0162. The van der Waals surface area contributed by atoms with Crippen molar-refractivity contribution in [3.63, 3.8) is 0 Å². The van der Waals surface area contributed by atoms with Gasteiger partial charge in [-0.15, -0.1) is 0 Å². The van der Waals surface area contributed by atoms with Gasteiger partial charge in [-0.25, -0.2) is 12.8 Å². The Morgan fingerprint density at radius 1 is 1.13 bits per heavy atom. The summed E-state index contributed by atoms with van der Waals surface area (Å²) in [5, 5.41) is 13.0. The number of rotatable bonds is 8. The third-order valence-electron chi connectivity index (χ3n) is 8.21. The van der Waals surface area contributed by atoms with Crippen molar-refractivity contribution in [2.45, 2.75) is 63.2 Å². The van der Waals surface area contributed by atoms with Gasteiger partial charge in [-0.3, -0.25) is 14.6 Å². The van der Waals surface area contributed by atoms with Crippen LogP contribution in [0.1, 0.15) is 60.7 Å². The standard InChI is InChI=1S/C34H43FN4O7S/c1-23-20-39(24(2)22-40)34(42)30-19-28(37-33(41)26-14-16-36-17-15-26)10-13-31(30)46-25(3)7-5-6-18-45-32(23)21-38(4)47(43,44)29-11-8-27(35)9-12-29/h8-17,19,23-25,32,40H,5-7,18,20-22H2,1-4H3,(H,37,41)/t23-,24-,25+,32+/m1/s1. The van der Waals surface area contributed by atoms with E-state index in [-0.39, 0.29) is 48.1 Å². The average Bonchev–Trinajstić information content (AvgIpc) is 3.06. The normalized spacial score (nSPS) is 20.5. The Bertz CT molecular complexity index is 1610. The maximum atomic E-state index is 14.3. The van der Waals surface area contributed by atoms with Crippen LogP contribution in [0.4, 0.5) is 10.1 Å². The highest BCUT2D eigenvalue weighted by Crippen LogP contribution is 2.29. The number of anilines is 1. The summed E-state index contributed by atoms with van der Waals surface area (Å²) in [6.07, 6.45) is 4.31. The number of carbonyl (C=O) groups excluding carboxylic acids is 2. The Labute approximate surface area is 275 Å². The predicted octanol–water partition coefficient (Wildman–Crippen LogP) is 4.59. The van der Waals surface area contributed by atoms with E-state index in [1.165, 1.54) is 40.8 Å². The molecule has 0 spiro atoms. The summed E-state index contributed by atoms with van der Waals surface area (Å²) in [7, 11) is -2.51. The molecular formula is C34H43FN4O7S. The Morgan fingerprint density at radius 2 is 1.83 bits per heavy atom. The number of amides is 2. The van der Waals surface area contributed by atoms with Gasteiger partial charge in [0, 0.05) is 56.3 Å². The van der Waals surface area contributed by atoms with Crippen molar-refractivity contribution < 1.29 is 37.0 Å². The molecule has 0 unspecified atom stereocenters. The number of nitrogens with zero attached hydrogens (tertiary/aromatic N) is 3. The zero-order chi connectivity index (χ0) is 34.1. The topological polar surface area (TPSA) is 138 Å². The largest absolute Gasteiger partial charge is 0.490 e. The average molecular weight is 671 g/mol. The van der Waals surface area contributed by atoms with Gasteiger partial charge in [-0.1, -0.05) is 6.92 Å². The number of halogens is 1. The first-order chi connectivity index (χ1) is 22.4. The molecule has 11 nitrogen and oxygen atoms in total. The van der Waals surface area contributed by atoms with E-state index < -0.39 is 33.9 Å². The second-order valence-electron chi connectivity index (χ2n) is 11.9. The van der Waals surface area contributed by atoms with Crippen LogP contribution in [0.2, 0.25) is 0 Å². The van der Waals surface area contributed by atoms with E-state index in [4.69, 9.17) is 9.47 Å². The van der Waals surface area contributed by atoms with E-state index in [0.717, 1.165) is 18.6 Å². The lowest BCUT2D eigenvalue weighted by molar-refractivity contribution is -0.00834. The Kier molecular flexibility index (Phi) is 12.4. The fourth-order valence-corrected chi connectivity index (χ4v) is 6.49. The van der Waals surface area contributed by atoms with Crippen molar-refractivity contribution in [1.29, 1.82) is 0 Å². The molecule has 2 N–H and O–H groups in total. The number of sulfonamides is 1. The molecule has 1 aromatic heterocycles. The van der Waals surface area contributed by atoms with E-state index in [1.807, 2.05) is 13.8 Å². The molecule has 0 aliphatic carbocycles. The molecule has 1 aliphatic heterocycles. The molecule has 13 heteroatoms. The second-order valence-corrected chi connectivity index (χ2v) is 14.0. The molecule has 0 saturated heterocycles. The third kappa shape index (κ3) is 9.34. The minimum atomic E-state index is -3.96. The van der Waals surface area contributed by atoms with Gasteiger partial charge in [-0.05, 0) is 87.7 Å². The minimum Gasteiger partial charge on any atom is -0.490 e. The SMILES string of the molecule is C[C@@H]1CN([C@H](C)CO)C(=O)c2cc(NC(=O)c3ccncc3)ccc2O[C@@H](C)CCCCO[C@H]1CN(C)S(=O)(=O)c1ccc(F)cc1. The van der Waals surface area contributed by atoms with Crippen LogP contribution in [0.5, 0.6) is 5.75 Å². The fourth-order valence-electron chi connectivity index (χ4n) is 5.31. The van der Waals surface area contributed by atoms with Crippen molar-refractivity contribution in [2.24, 2.45) is 5.92 Å². The number of fused-ring (bicyclic) bond motifs is 1. The molecular weight excluding hydrogens is 627 g/mol. The lowest BCUT2D eigenvalue weighted by Gasteiger charge is -2.35. The molecule has 0 bridgehead atoms. The van der Waals surface area contributed by atoms with Gasteiger partial charge in [0.15, 0.2) is 0 Å². The van der Waals surface area contributed by atoms with Crippen molar-refractivity contribution >= 4 is 27.5 Å². The highest BCUT2D eigenvalue weighted by molar-refractivity contribution is 7.89. The van der Waals surface area contributed by atoms with Crippen LogP contribution < -0.4 is 10.1 Å². The number of aromatic nitrogens is 1. The third-order valence-corrected chi connectivity index (χ3v) is 10.0. The molecule has 4 rings (SSSR count). The van der Waals surface area contributed by atoms with Crippen molar-refractivity contribution in [3.8, 4) is 5.75 Å². The summed E-state index contributed by atoms with van der Waals surface area (Å²) in [5.74, 6) is -1.36. The van der Waals surface area contributed by atoms with Gasteiger partial charge < -0.3 is 24.8 Å². The maximum absolute atomic E-state index is 14.3. The Balaban J connectivity index is 1.65. The van der Waals surface area contributed by atoms with Crippen LogP contribution >= 0.6 is 0 Å². The lowest BCUT2D eigenvalue weighted by Crippen LogP contribution is -2.48. The molecule has 0 radical (unpaired) electrons. The number of aliphatic hydroxyl groups excluding tert-OH is 1. The second kappa shape index (κ2) is 16.3. The summed E-state index contributed by atoms with van der Waals surface area (Å²) in [4.78, 5) is 32.6. The number of hydrogen-bond acceptors (Lipinski definition) is 8. The molecule has 0 fully saturated rings. The van der Waals surface area contributed by atoms with E-state index in [1.54, 1.807) is 37.3 Å². The molecule has 2 amide bonds. The summed E-state index contributed by atoms with van der Waals surface area (Å²) < 4.78 is 53.8. The van der Waals surface area contributed by atoms with Gasteiger partial charge in [0.05, 0.1) is 35.3 Å². The van der Waals surface area contributed by atoms with Crippen LogP contribution in [0.3, 0.4) is 0 Å². The zero-order valence-corrected chi connectivity index (χ0v) is 28.0. The molecule has 0 saturated carbocycles. The van der Waals surface area contributed by atoms with Crippen LogP contribution in [0.25, 0.3) is 0 Å². The number of benzene rings is 2. The number of aliphatic hydroxyl groups is 1. The molecule has 3 aromatic rings. The van der Waals surface area contributed by atoms with E-state index in [0.29, 0.717) is 36.4 Å². The number of likely N-dealkylation sites (N-methyl/N-ethyl adjacent to an activating group) is 1. The van der Waals surface area contributed by atoms with Gasteiger partial charge in [0.2, 0.25) is 10.0 Å². The van der Waals surface area contributed by atoms with Gasteiger partial charge >= 0.3 is 0 Å². The summed E-state index contributed by atoms with van der Waals surface area (Å²) in [5.41, 5.74) is 0.996. The first-order valence-electron chi connectivity index (χ1n) is 15.7. The zero-order valence-electron chi connectivity index (χ0n) is 27.1. The van der Waals surface area contributed by atoms with E-state index >= 15 is 0 Å². The predicted molar refractivity (Wildman–Crippen MR) is 175 cm³/mol. The summed E-state index contributed by atoms with van der Waals surface area (Å²) in [6.45, 7) is 5.64. The number of hydrogen-bond donors (Lipinski definition) is 2. The van der Waals surface area contributed by atoms with Crippen LogP contribution in [0.15, 0.2) is 71.9 Å². The number of nitrogens with one attached hydrogen (secondary N) is 1. The van der Waals surface area contributed by atoms with Crippen molar-refractivity contribution in [1.82, 2.24) is 14.2 Å². The first-order valence-corrected chi connectivity index (χ1v) is 17.1. The molecule has 47 heavy (non-hydrogen) atoms. The lowest BCUT2D eigenvalue weighted by atomic mass is 10.0. The Morgan fingerprint density at radius 3 is 2.51 bits per heavy atom. The van der Waals surface area contributed by atoms with Crippen molar-refractivity contribution in [3.05, 3.63) is 83.9 Å². The fraction of sp³-hybridized carbons (Fsp3) is 0.441. The van der Waals surface area contributed by atoms with Crippen molar-refractivity contribution in [2.75, 3.05) is 38.7 Å². The van der Waals surface area contributed by atoms with Gasteiger partial charge in [0.1, 0.15) is 11.6 Å². The number of carbonyl (C=O) groups is 2. The monoisotopic (exact) mass is 670 g/mol. The highest BCUT2D eigenvalue weighted by atomic mass is 32.2. The van der Waals surface area contributed by atoms with Gasteiger partial charge in [-0.2, -0.15) is 4.31 Å². The molecule has 2 heterocycles. The van der Waals surface area contributed by atoms with Crippen LogP contribution in [-0.4, -0.2) is 91.1 Å². The van der Waals surface area contributed by atoms with E-state index in [9.17, 15) is 27.5 Å². The molecule has 4 atom stereocenters. The maximum Gasteiger partial charge on any atom is 0.258 e. The van der Waals surface area contributed by atoms with Crippen LogP contribution in [-0.2, 0) is 14.8 Å². The summed E-state index contributed by atoms with van der Waals surface area (Å²) >= 11 is 0. The first kappa shape index (κ1) is 35.9. The smallest absolute Gasteiger partial charge is 0.258 e. The number of ether oxygens (including phenoxy) is 2. The van der Waals surface area contributed by atoms with Crippen LogP contribution in [0, 0.1) is 11.7 Å². The van der Waals surface area contributed by atoms with E-state index in [2.05, 4.69) is 10.3 Å².